The van der Waals surface area contributed by atoms with E-state index in [1.807, 2.05) is 24.3 Å². The number of halogens is 1. The number of phenols is 1. The molecule has 0 saturated carbocycles. The summed E-state index contributed by atoms with van der Waals surface area (Å²) in [5, 5.41) is 21.5. The van der Waals surface area contributed by atoms with Gasteiger partial charge in [0.1, 0.15) is 11.6 Å². The molecule has 0 heterocycles. The van der Waals surface area contributed by atoms with Crippen molar-refractivity contribution in [3.63, 3.8) is 0 Å². The summed E-state index contributed by atoms with van der Waals surface area (Å²) in [4.78, 5) is 0. The lowest BCUT2D eigenvalue weighted by atomic mass is 10.1. The average Bonchev–Trinajstić information content (AvgIpc) is 2.42. The third-order valence-electron chi connectivity index (χ3n) is 2.88. The zero-order chi connectivity index (χ0) is 13.7. The van der Waals surface area contributed by atoms with Crippen LogP contribution in [0.25, 0.3) is 0 Å². The van der Waals surface area contributed by atoms with E-state index in [4.69, 9.17) is 5.11 Å². The van der Waals surface area contributed by atoms with Crippen molar-refractivity contribution >= 4 is 5.69 Å². The maximum Gasteiger partial charge on any atom is 0.123 e. The normalized spacial score (nSPS) is 10.4. The lowest BCUT2D eigenvalue weighted by Crippen LogP contribution is -2.00. The molecule has 0 aromatic heterocycles. The molecule has 100 valence electrons. The molecule has 4 heteroatoms. The molecule has 0 spiro atoms. The van der Waals surface area contributed by atoms with Crippen LogP contribution in [0.1, 0.15) is 11.1 Å². The van der Waals surface area contributed by atoms with Gasteiger partial charge in [-0.2, -0.15) is 0 Å². The molecule has 0 unspecified atom stereocenters. The summed E-state index contributed by atoms with van der Waals surface area (Å²) in [6, 6.07) is 11.5. The Labute approximate surface area is 111 Å². The molecule has 2 rings (SSSR count). The Hall–Kier alpha value is -2.07. The Balaban J connectivity index is 2.00. The van der Waals surface area contributed by atoms with Gasteiger partial charge in [-0.3, -0.25) is 0 Å². The van der Waals surface area contributed by atoms with Crippen molar-refractivity contribution in [2.45, 2.75) is 13.0 Å². The number of rotatable bonds is 5. The molecule has 0 fully saturated rings. The van der Waals surface area contributed by atoms with Crippen molar-refractivity contribution in [3.05, 3.63) is 59.4 Å². The quantitative estimate of drug-likeness (QED) is 0.775. The first kappa shape index (κ1) is 13.4. The van der Waals surface area contributed by atoms with E-state index in [0.29, 0.717) is 18.5 Å². The van der Waals surface area contributed by atoms with Crippen LogP contribution in [0, 0.1) is 5.82 Å². The van der Waals surface area contributed by atoms with Gasteiger partial charge < -0.3 is 15.5 Å². The number of aliphatic hydroxyl groups excluding tert-OH is 1. The van der Waals surface area contributed by atoms with Crippen LogP contribution in [0.5, 0.6) is 5.75 Å². The summed E-state index contributed by atoms with van der Waals surface area (Å²) in [5.74, 6) is -0.293. The molecule has 0 radical (unpaired) electrons. The first-order valence-corrected chi connectivity index (χ1v) is 6.10. The molecular formula is C15H16FNO2. The van der Waals surface area contributed by atoms with Crippen molar-refractivity contribution < 1.29 is 14.6 Å². The second kappa shape index (κ2) is 6.20. The van der Waals surface area contributed by atoms with Crippen molar-refractivity contribution in [2.75, 3.05) is 11.9 Å². The Bertz CT molecular complexity index is 540. The van der Waals surface area contributed by atoms with Gasteiger partial charge in [-0.1, -0.05) is 12.1 Å². The number of aliphatic hydroxyl groups is 1. The maximum absolute atomic E-state index is 13.0. The Morgan fingerprint density at radius 2 is 1.79 bits per heavy atom. The topological polar surface area (TPSA) is 52.5 Å². The summed E-state index contributed by atoms with van der Waals surface area (Å²) >= 11 is 0. The van der Waals surface area contributed by atoms with Crippen LogP contribution in [-0.2, 0) is 13.0 Å². The summed E-state index contributed by atoms with van der Waals surface area (Å²) in [6.07, 6.45) is 0.630. The second-order valence-corrected chi connectivity index (χ2v) is 4.30. The minimum atomic E-state index is -0.368. The van der Waals surface area contributed by atoms with Gasteiger partial charge in [0, 0.05) is 24.4 Å². The number of anilines is 1. The van der Waals surface area contributed by atoms with E-state index < -0.39 is 0 Å². The summed E-state index contributed by atoms with van der Waals surface area (Å²) in [5.41, 5.74) is 2.45. The van der Waals surface area contributed by atoms with Gasteiger partial charge in [0.2, 0.25) is 0 Å². The molecule has 0 aliphatic heterocycles. The van der Waals surface area contributed by atoms with E-state index in [-0.39, 0.29) is 18.2 Å². The Kier molecular flexibility index (Phi) is 4.36. The van der Waals surface area contributed by atoms with Crippen LogP contribution >= 0.6 is 0 Å². The van der Waals surface area contributed by atoms with Crippen molar-refractivity contribution in [1.82, 2.24) is 0 Å². The minimum Gasteiger partial charge on any atom is -0.508 e. The number of hydrogen-bond donors (Lipinski definition) is 3. The fraction of sp³-hybridized carbons (Fsp3) is 0.200. The van der Waals surface area contributed by atoms with Crippen molar-refractivity contribution in [3.8, 4) is 5.75 Å². The van der Waals surface area contributed by atoms with Gasteiger partial charge in [-0.15, -0.1) is 0 Å². The van der Waals surface area contributed by atoms with Crippen LogP contribution in [0.15, 0.2) is 42.5 Å². The highest BCUT2D eigenvalue weighted by Gasteiger charge is 2.02. The van der Waals surface area contributed by atoms with Gasteiger partial charge in [0.05, 0.1) is 0 Å². The molecule has 0 amide bonds. The monoisotopic (exact) mass is 261 g/mol. The molecule has 0 atom stereocenters. The van der Waals surface area contributed by atoms with E-state index in [1.54, 1.807) is 0 Å². The number of aromatic hydroxyl groups is 1. The minimum absolute atomic E-state index is 0.0748. The highest BCUT2D eigenvalue weighted by atomic mass is 19.1. The predicted molar refractivity (Wildman–Crippen MR) is 72.6 cm³/mol. The van der Waals surface area contributed by atoms with Gasteiger partial charge in [-0.25, -0.2) is 4.39 Å². The smallest absolute Gasteiger partial charge is 0.123 e. The molecule has 3 nitrogen and oxygen atoms in total. The van der Waals surface area contributed by atoms with E-state index in [1.165, 1.54) is 18.2 Å². The zero-order valence-corrected chi connectivity index (χ0v) is 10.4. The van der Waals surface area contributed by atoms with Gasteiger partial charge >= 0.3 is 0 Å². The SMILES string of the molecule is OCCc1ccc(NCc2cc(F)ccc2O)cc1. The number of phenolic OH excluding ortho intramolecular Hbond substituents is 1. The zero-order valence-electron chi connectivity index (χ0n) is 10.4. The summed E-state index contributed by atoms with van der Waals surface area (Å²) in [6.45, 7) is 0.479. The average molecular weight is 261 g/mol. The molecule has 3 N–H and O–H groups in total. The van der Waals surface area contributed by atoms with E-state index >= 15 is 0 Å². The fourth-order valence-electron chi connectivity index (χ4n) is 1.81. The van der Waals surface area contributed by atoms with Gasteiger partial charge in [0.25, 0.3) is 0 Å². The van der Waals surface area contributed by atoms with Crippen molar-refractivity contribution in [2.24, 2.45) is 0 Å². The van der Waals surface area contributed by atoms with Crippen molar-refractivity contribution in [1.29, 1.82) is 0 Å². The third kappa shape index (κ3) is 3.69. The number of hydrogen-bond acceptors (Lipinski definition) is 3. The highest BCUT2D eigenvalue weighted by Crippen LogP contribution is 2.19. The molecule has 0 bridgehead atoms. The Morgan fingerprint density at radius 3 is 2.47 bits per heavy atom. The number of benzene rings is 2. The fourth-order valence-corrected chi connectivity index (χ4v) is 1.81. The molecule has 0 aliphatic rings. The second-order valence-electron chi connectivity index (χ2n) is 4.30. The molecule has 19 heavy (non-hydrogen) atoms. The molecular weight excluding hydrogens is 245 g/mol. The molecule has 0 aliphatic carbocycles. The van der Waals surface area contributed by atoms with Crippen LogP contribution in [-0.4, -0.2) is 16.8 Å². The van der Waals surface area contributed by atoms with Gasteiger partial charge in [-0.05, 0) is 42.3 Å². The highest BCUT2D eigenvalue weighted by molar-refractivity contribution is 5.46. The van der Waals surface area contributed by atoms with Crippen LogP contribution in [0.3, 0.4) is 0 Å². The van der Waals surface area contributed by atoms with Crippen LogP contribution < -0.4 is 5.32 Å². The predicted octanol–water partition coefficient (Wildman–Crippen LogP) is 2.68. The number of nitrogens with one attached hydrogen (secondary N) is 1. The molecule has 2 aromatic carbocycles. The first-order chi connectivity index (χ1) is 9.19. The largest absolute Gasteiger partial charge is 0.508 e. The van der Waals surface area contributed by atoms with Crippen LogP contribution in [0.2, 0.25) is 0 Å². The Morgan fingerprint density at radius 1 is 1.05 bits per heavy atom. The molecule has 2 aromatic rings. The van der Waals surface area contributed by atoms with E-state index in [0.717, 1.165) is 11.3 Å². The molecule has 0 saturated heterocycles. The maximum atomic E-state index is 13.0. The standard InChI is InChI=1S/C15H16FNO2/c16-13-3-6-15(19)12(9-13)10-17-14-4-1-11(2-5-14)7-8-18/h1-6,9,17-19H,7-8,10H2. The third-order valence-corrected chi connectivity index (χ3v) is 2.88. The first-order valence-electron chi connectivity index (χ1n) is 6.10. The van der Waals surface area contributed by atoms with E-state index in [2.05, 4.69) is 5.32 Å². The summed E-state index contributed by atoms with van der Waals surface area (Å²) < 4.78 is 13.0. The van der Waals surface area contributed by atoms with Gasteiger partial charge in [0.15, 0.2) is 0 Å². The summed E-state index contributed by atoms with van der Waals surface area (Å²) in [7, 11) is 0. The lowest BCUT2D eigenvalue weighted by molar-refractivity contribution is 0.299. The lowest BCUT2D eigenvalue weighted by Gasteiger charge is -2.09. The van der Waals surface area contributed by atoms with Crippen LogP contribution in [0.4, 0.5) is 10.1 Å². The van der Waals surface area contributed by atoms with E-state index in [9.17, 15) is 9.50 Å².